The topological polar surface area (TPSA) is 76.5 Å². The van der Waals surface area contributed by atoms with Crippen molar-refractivity contribution >= 4 is 23.4 Å². The number of aromatic nitrogens is 2. The molecule has 0 radical (unpaired) electrons. The van der Waals surface area contributed by atoms with Crippen LogP contribution in [0.1, 0.15) is 26.3 Å². The van der Waals surface area contributed by atoms with Crippen LogP contribution in [0, 0.1) is 5.92 Å². The fraction of sp³-hybridized carbons (Fsp3) is 0.409. The fourth-order valence-corrected chi connectivity index (χ4v) is 3.33. The van der Waals surface area contributed by atoms with Crippen molar-refractivity contribution in [2.24, 2.45) is 5.92 Å². The summed E-state index contributed by atoms with van der Waals surface area (Å²) < 4.78 is 45.5. The molecule has 10 heteroatoms. The predicted octanol–water partition coefficient (Wildman–Crippen LogP) is 3.68. The van der Waals surface area contributed by atoms with E-state index in [1.165, 1.54) is 12.1 Å². The zero-order valence-corrected chi connectivity index (χ0v) is 18.0. The zero-order valence-electron chi connectivity index (χ0n) is 18.0. The first-order chi connectivity index (χ1) is 14.9. The number of hydrogen-bond acceptors (Lipinski definition) is 5. The van der Waals surface area contributed by atoms with Gasteiger partial charge >= 0.3 is 12.1 Å². The second kappa shape index (κ2) is 9.05. The Labute approximate surface area is 183 Å². The van der Waals surface area contributed by atoms with Gasteiger partial charge in [-0.15, -0.1) is 0 Å². The summed E-state index contributed by atoms with van der Waals surface area (Å²) in [5.41, 5.74) is -0.767. The van der Waals surface area contributed by atoms with Gasteiger partial charge in [0.2, 0.25) is 5.91 Å². The molecule has 32 heavy (non-hydrogen) atoms. The van der Waals surface area contributed by atoms with E-state index >= 15 is 0 Å². The van der Waals surface area contributed by atoms with Crippen molar-refractivity contribution in [1.82, 2.24) is 15.1 Å². The third-order valence-electron chi connectivity index (χ3n) is 4.69. The number of anilines is 2. The van der Waals surface area contributed by atoms with E-state index in [9.17, 15) is 22.8 Å². The van der Waals surface area contributed by atoms with Gasteiger partial charge in [0.15, 0.2) is 0 Å². The van der Waals surface area contributed by atoms with Gasteiger partial charge in [0, 0.05) is 49.5 Å². The van der Waals surface area contributed by atoms with Gasteiger partial charge in [-0.1, -0.05) is 0 Å². The number of fused-ring (bicyclic) bond motifs is 1. The van der Waals surface area contributed by atoms with E-state index in [-0.39, 0.29) is 5.92 Å². The first-order valence-corrected chi connectivity index (χ1v) is 10.1. The van der Waals surface area contributed by atoms with Crippen LogP contribution in [0.4, 0.5) is 24.7 Å². The number of nitrogens with zero attached hydrogens (tertiary/aromatic N) is 3. The molecule has 172 valence electrons. The van der Waals surface area contributed by atoms with Gasteiger partial charge in [-0.3, -0.25) is 4.79 Å². The Kier molecular flexibility index (Phi) is 6.61. The number of nitrogens with one attached hydrogen (secondary N) is 1. The molecule has 1 aromatic carbocycles. The van der Waals surface area contributed by atoms with Crippen LogP contribution in [0.25, 0.3) is 0 Å². The Hall–Kier alpha value is -3.30. The zero-order chi connectivity index (χ0) is 23.5. The Morgan fingerprint density at radius 2 is 1.81 bits per heavy atom. The SMILES string of the molecule is CC(C)(C)OC(=O)/C=C/C(=O)NCC1CN(c2ccc(C(F)(F)F)cc2)c2ccnn2C1. The number of hydrogen-bond donors (Lipinski definition) is 1. The van der Waals surface area contributed by atoms with Crippen molar-refractivity contribution < 1.29 is 27.5 Å². The van der Waals surface area contributed by atoms with E-state index in [4.69, 9.17) is 4.74 Å². The highest BCUT2D eigenvalue weighted by Gasteiger charge is 2.31. The molecule has 1 aromatic heterocycles. The second-order valence-electron chi connectivity index (χ2n) is 8.50. The minimum Gasteiger partial charge on any atom is -0.457 e. The first-order valence-electron chi connectivity index (χ1n) is 10.1. The van der Waals surface area contributed by atoms with Crippen LogP contribution in [0.5, 0.6) is 0 Å². The summed E-state index contributed by atoms with van der Waals surface area (Å²) in [5, 5.41) is 7.01. The lowest BCUT2D eigenvalue weighted by Crippen LogP contribution is -2.41. The van der Waals surface area contributed by atoms with Gasteiger partial charge in [-0.05, 0) is 45.0 Å². The molecule has 0 fully saturated rings. The summed E-state index contributed by atoms with van der Waals surface area (Å²) in [6.45, 7) is 6.51. The molecule has 1 amide bonds. The van der Waals surface area contributed by atoms with Crippen molar-refractivity contribution in [3.8, 4) is 0 Å². The first kappa shape index (κ1) is 23.4. The number of amides is 1. The average Bonchev–Trinajstić information content (AvgIpc) is 3.17. The molecule has 0 saturated carbocycles. The van der Waals surface area contributed by atoms with Crippen molar-refractivity contribution in [3.05, 3.63) is 54.2 Å². The summed E-state index contributed by atoms with van der Waals surface area (Å²) in [5.74, 6) is -0.344. The largest absolute Gasteiger partial charge is 0.457 e. The summed E-state index contributed by atoms with van der Waals surface area (Å²) in [7, 11) is 0. The fourth-order valence-electron chi connectivity index (χ4n) is 3.33. The molecular formula is C22H25F3N4O3. The highest BCUT2D eigenvalue weighted by molar-refractivity contribution is 5.94. The van der Waals surface area contributed by atoms with Crippen LogP contribution in [0.3, 0.4) is 0 Å². The van der Waals surface area contributed by atoms with Crippen LogP contribution in [0.15, 0.2) is 48.7 Å². The third kappa shape index (κ3) is 6.12. The number of rotatable bonds is 5. The van der Waals surface area contributed by atoms with Crippen molar-refractivity contribution in [1.29, 1.82) is 0 Å². The summed E-state index contributed by atoms with van der Waals surface area (Å²) in [6.07, 6.45) is -0.593. The molecule has 7 nitrogen and oxygen atoms in total. The van der Waals surface area contributed by atoms with E-state index in [1.807, 2.05) is 4.90 Å². The lowest BCUT2D eigenvalue weighted by molar-refractivity contribution is -0.148. The highest BCUT2D eigenvalue weighted by atomic mass is 19.4. The molecule has 1 aliphatic heterocycles. The van der Waals surface area contributed by atoms with Gasteiger partial charge in [-0.2, -0.15) is 18.3 Å². The number of benzene rings is 1. The Morgan fingerprint density at radius 3 is 2.44 bits per heavy atom. The average molecular weight is 450 g/mol. The minimum absolute atomic E-state index is 0.0523. The van der Waals surface area contributed by atoms with Crippen molar-refractivity contribution in [3.63, 3.8) is 0 Å². The van der Waals surface area contributed by atoms with Crippen LogP contribution in [-0.2, 0) is 27.0 Å². The predicted molar refractivity (Wildman–Crippen MR) is 112 cm³/mol. The van der Waals surface area contributed by atoms with E-state index in [0.29, 0.717) is 25.3 Å². The number of carbonyl (C=O) groups excluding carboxylic acids is 2. The molecule has 0 spiro atoms. The second-order valence-corrected chi connectivity index (χ2v) is 8.50. The maximum absolute atomic E-state index is 12.9. The molecule has 3 rings (SSSR count). The van der Waals surface area contributed by atoms with Crippen LogP contribution >= 0.6 is 0 Å². The molecule has 2 aromatic rings. The molecule has 1 aliphatic rings. The molecule has 2 heterocycles. The number of carbonyl (C=O) groups is 2. The summed E-state index contributed by atoms with van der Waals surface area (Å²) in [4.78, 5) is 25.6. The van der Waals surface area contributed by atoms with E-state index in [0.717, 1.165) is 30.1 Å². The van der Waals surface area contributed by atoms with Gasteiger partial charge in [0.25, 0.3) is 0 Å². The smallest absolute Gasteiger partial charge is 0.416 e. The van der Waals surface area contributed by atoms with Gasteiger partial charge < -0.3 is 15.0 Å². The van der Waals surface area contributed by atoms with Crippen molar-refractivity contribution in [2.45, 2.75) is 39.1 Å². The van der Waals surface area contributed by atoms with Crippen molar-refractivity contribution in [2.75, 3.05) is 18.0 Å². The lowest BCUT2D eigenvalue weighted by atomic mass is 10.1. The summed E-state index contributed by atoms with van der Waals surface area (Å²) in [6, 6.07) is 6.72. The van der Waals surface area contributed by atoms with Crippen LogP contribution in [0.2, 0.25) is 0 Å². The minimum atomic E-state index is -4.40. The van der Waals surface area contributed by atoms with Crippen LogP contribution < -0.4 is 10.2 Å². The Bertz CT molecular complexity index is 991. The number of esters is 1. The molecule has 1 unspecified atom stereocenters. The number of alkyl halides is 3. The molecule has 0 aliphatic carbocycles. The van der Waals surface area contributed by atoms with E-state index in [2.05, 4.69) is 10.4 Å². The van der Waals surface area contributed by atoms with Gasteiger partial charge in [-0.25, -0.2) is 9.48 Å². The number of ether oxygens (including phenoxy) is 1. The molecule has 0 bridgehead atoms. The standard InChI is InChI=1S/C22H25F3N4O3/c1-21(2,3)32-20(31)9-8-18(30)26-12-15-13-28(19-10-11-27-29(19)14-15)17-6-4-16(5-7-17)22(23,24)25/h4-11,15H,12-14H2,1-3H3,(H,26,30)/b9-8+. The maximum Gasteiger partial charge on any atom is 0.416 e. The number of halogens is 3. The van der Waals surface area contributed by atoms with Crippen LogP contribution in [-0.4, -0.2) is 40.3 Å². The Morgan fingerprint density at radius 1 is 1.12 bits per heavy atom. The van der Waals surface area contributed by atoms with Gasteiger partial charge in [0.1, 0.15) is 11.4 Å². The molecule has 1 N–H and O–H groups in total. The third-order valence-corrected chi connectivity index (χ3v) is 4.69. The molecule has 0 saturated heterocycles. The monoisotopic (exact) mass is 450 g/mol. The lowest BCUT2D eigenvalue weighted by Gasteiger charge is -2.35. The molecule has 1 atom stereocenters. The van der Waals surface area contributed by atoms with E-state index < -0.39 is 29.2 Å². The maximum atomic E-state index is 12.9. The highest BCUT2D eigenvalue weighted by Crippen LogP contribution is 2.34. The van der Waals surface area contributed by atoms with E-state index in [1.54, 1.807) is 37.7 Å². The summed E-state index contributed by atoms with van der Waals surface area (Å²) >= 11 is 0. The quantitative estimate of drug-likeness (QED) is 0.556. The Balaban J connectivity index is 1.64. The van der Waals surface area contributed by atoms with Gasteiger partial charge in [0.05, 0.1) is 11.8 Å². The molecular weight excluding hydrogens is 425 g/mol. The normalized spacial score (nSPS) is 16.7.